The van der Waals surface area contributed by atoms with Crippen LogP contribution >= 0.6 is 0 Å². The van der Waals surface area contributed by atoms with Crippen LogP contribution in [0.5, 0.6) is 0 Å². The average Bonchev–Trinajstić information content (AvgIpc) is 2.91. The maximum atomic E-state index is 10.9. The molecule has 0 saturated carbocycles. The number of aliphatic hydroxyl groups is 1. The van der Waals surface area contributed by atoms with Gasteiger partial charge in [-0.2, -0.15) is 5.26 Å². The number of hydrogen-bond acceptors (Lipinski definition) is 3. The molecule has 0 bridgehead atoms. The lowest BCUT2D eigenvalue weighted by atomic mass is 9.95. The summed E-state index contributed by atoms with van der Waals surface area (Å²) in [5, 5.41) is 23.2. The summed E-state index contributed by atoms with van der Waals surface area (Å²) in [7, 11) is 0. The van der Waals surface area contributed by atoms with Gasteiger partial charge in [-0.15, -0.1) is 0 Å². The van der Waals surface area contributed by atoms with Gasteiger partial charge in [-0.25, -0.2) is 0 Å². The van der Waals surface area contributed by atoms with E-state index >= 15 is 0 Å². The second kappa shape index (κ2) is 5.92. The summed E-state index contributed by atoms with van der Waals surface area (Å²) in [4.78, 5) is 0. The third-order valence-electron chi connectivity index (χ3n) is 4.57. The van der Waals surface area contributed by atoms with E-state index in [4.69, 9.17) is 5.26 Å². The van der Waals surface area contributed by atoms with Gasteiger partial charge < -0.3 is 10.4 Å². The van der Waals surface area contributed by atoms with Crippen molar-refractivity contribution in [2.75, 3.05) is 6.54 Å². The summed E-state index contributed by atoms with van der Waals surface area (Å²) in [5.74, 6) is 0. The Balaban J connectivity index is 1.68. The van der Waals surface area contributed by atoms with Crippen LogP contribution in [-0.2, 0) is 12.0 Å². The van der Waals surface area contributed by atoms with Gasteiger partial charge in [-0.1, -0.05) is 36.4 Å². The third-order valence-corrected chi connectivity index (χ3v) is 4.57. The topological polar surface area (TPSA) is 56.0 Å². The lowest BCUT2D eigenvalue weighted by Crippen LogP contribution is -2.37. The van der Waals surface area contributed by atoms with Crippen molar-refractivity contribution in [3.63, 3.8) is 0 Å². The molecule has 2 N–H and O–H groups in total. The molecule has 3 heteroatoms. The quantitative estimate of drug-likeness (QED) is 0.910. The molecule has 22 heavy (non-hydrogen) atoms. The van der Waals surface area contributed by atoms with E-state index in [1.54, 1.807) is 0 Å². The standard InChI is InChI=1S/C19H20N2O/c1-14(16-8-6-15(12-20)7-9-16)21-13-19(22)11-10-17-4-2-3-5-18(17)19/h2-9,14,21-22H,10-11,13H2,1H3. The zero-order valence-electron chi connectivity index (χ0n) is 12.7. The smallest absolute Gasteiger partial charge is 0.103 e. The molecule has 2 unspecified atom stereocenters. The van der Waals surface area contributed by atoms with E-state index in [0.29, 0.717) is 12.1 Å². The molecule has 0 fully saturated rings. The van der Waals surface area contributed by atoms with Crippen LogP contribution in [0.15, 0.2) is 48.5 Å². The molecule has 0 aliphatic heterocycles. The van der Waals surface area contributed by atoms with E-state index in [-0.39, 0.29) is 6.04 Å². The molecular weight excluding hydrogens is 272 g/mol. The van der Waals surface area contributed by atoms with Crippen LogP contribution in [0.3, 0.4) is 0 Å². The zero-order valence-corrected chi connectivity index (χ0v) is 12.7. The van der Waals surface area contributed by atoms with E-state index in [2.05, 4.69) is 24.4 Å². The first-order valence-corrected chi connectivity index (χ1v) is 7.66. The Hall–Kier alpha value is -2.15. The van der Waals surface area contributed by atoms with Crippen molar-refractivity contribution in [1.29, 1.82) is 5.26 Å². The van der Waals surface area contributed by atoms with Crippen molar-refractivity contribution in [3.05, 3.63) is 70.8 Å². The second-order valence-electron chi connectivity index (χ2n) is 6.03. The summed E-state index contributed by atoms with van der Waals surface area (Å²) in [6.07, 6.45) is 1.69. The van der Waals surface area contributed by atoms with Crippen molar-refractivity contribution in [3.8, 4) is 6.07 Å². The largest absolute Gasteiger partial charge is 0.384 e. The molecule has 0 saturated heterocycles. The Morgan fingerprint density at radius 1 is 1.23 bits per heavy atom. The molecule has 1 aliphatic carbocycles. The van der Waals surface area contributed by atoms with Gasteiger partial charge in [0.25, 0.3) is 0 Å². The third kappa shape index (κ3) is 2.76. The van der Waals surface area contributed by atoms with Crippen LogP contribution in [0.4, 0.5) is 0 Å². The Morgan fingerprint density at radius 2 is 1.95 bits per heavy atom. The van der Waals surface area contributed by atoms with Gasteiger partial charge in [-0.3, -0.25) is 0 Å². The number of fused-ring (bicyclic) bond motifs is 1. The van der Waals surface area contributed by atoms with Crippen LogP contribution in [0, 0.1) is 11.3 Å². The first kappa shape index (κ1) is 14.8. The maximum Gasteiger partial charge on any atom is 0.103 e. The molecule has 2 aromatic rings. The Labute approximate surface area is 131 Å². The van der Waals surface area contributed by atoms with Crippen LogP contribution in [0.1, 0.15) is 41.6 Å². The van der Waals surface area contributed by atoms with Gasteiger partial charge in [0.15, 0.2) is 0 Å². The number of rotatable bonds is 4. The molecule has 0 amide bonds. The van der Waals surface area contributed by atoms with Crippen molar-refractivity contribution < 1.29 is 5.11 Å². The van der Waals surface area contributed by atoms with Gasteiger partial charge in [0, 0.05) is 12.6 Å². The van der Waals surface area contributed by atoms with Gasteiger partial charge in [0.1, 0.15) is 5.60 Å². The molecular formula is C19H20N2O. The lowest BCUT2D eigenvalue weighted by molar-refractivity contribution is 0.0363. The molecule has 112 valence electrons. The Kier molecular flexibility index (Phi) is 3.98. The first-order valence-electron chi connectivity index (χ1n) is 7.66. The first-order chi connectivity index (χ1) is 10.6. The van der Waals surface area contributed by atoms with E-state index in [1.165, 1.54) is 5.56 Å². The van der Waals surface area contributed by atoms with Crippen LogP contribution < -0.4 is 5.32 Å². The number of aryl methyl sites for hydroxylation is 1. The fourth-order valence-corrected chi connectivity index (χ4v) is 3.14. The predicted molar refractivity (Wildman–Crippen MR) is 86.2 cm³/mol. The molecule has 3 nitrogen and oxygen atoms in total. The van der Waals surface area contributed by atoms with E-state index in [9.17, 15) is 5.11 Å². The normalized spacial score (nSPS) is 21.1. The molecule has 3 rings (SSSR count). The Bertz CT molecular complexity index is 702. The average molecular weight is 292 g/mol. The van der Waals surface area contributed by atoms with E-state index < -0.39 is 5.60 Å². The summed E-state index contributed by atoms with van der Waals surface area (Å²) in [6.45, 7) is 2.61. The minimum Gasteiger partial charge on any atom is -0.384 e. The minimum absolute atomic E-state index is 0.129. The van der Waals surface area contributed by atoms with Gasteiger partial charge in [0.05, 0.1) is 11.6 Å². The van der Waals surface area contributed by atoms with Crippen LogP contribution in [0.25, 0.3) is 0 Å². The number of benzene rings is 2. The van der Waals surface area contributed by atoms with Gasteiger partial charge in [0.2, 0.25) is 0 Å². The molecule has 0 radical (unpaired) electrons. The highest BCUT2D eigenvalue weighted by Gasteiger charge is 2.36. The van der Waals surface area contributed by atoms with Gasteiger partial charge >= 0.3 is 0 Å². The highest BCUT2D eigenvalue weighted by atomic mass is 16.3. The van der Waals surface area contributed by atoms with Gasteiger partial charge in [-0.05, 0) is 48.6 Å². The van der Waals surface area contributed by atoms with E-state index in [1.807, 2.05) is 42.5 Å². The lowest BCUT2D eigenvalue weighted by Gasteiger charge is -2.27. The molecule has 2 atom stereocenters. The minimum atomic E-state index is -0.780. The van der Waals surface area contributed by atoms with Crippen molar-refractivity contribution in [1.82, 2.24) is 5.32 Å². The number of nitrogens with one attached hydrogen (secondary N) is 1. The predicted octanol–water partition coefficient (Wildman–Crippen LogP) is 3.04. The monoisotopic (exact) mass is 292 g/mol. The highest BCUT2D eigenvalue weighted by molar-refractivity contribution is 5.37. The molecule has 0 aromatic heterocycles. The fourth-order valence-electron chi connectivity index (χ4n) is 3.14. The summed E-state index contributed by atoms with van der Waals surface area (Å²) in [6, 6.07) is 18.0. The number of hydrogen-bond donors (Lipinski definition) is 2. The maximum absolute atomic E-state index is 10.9. The second-order valence-corrected chi connectivity index (χ2v) is 6.03. The summed E-state index contributed by atoms with van der Waals surface area (Å²) < 4.78 is 0. The number of nitriles is 1. The van der Waals surface area contributed by atoms with Crippen molar-refractivity contribution >= 4 is 0 Å². The van der Waals surface area contributed by atoms with Crippen LogP contribution in [-0.4, -0.2) is 11.7 Å². The zero-order chi connectivity index (χ0) is 15.6. The number of nitrogens with zero attached hydrogens (tertiary/aromatic N) is 1. The molecule has 0 spiro atoms. The summed E-state index contributed by atoms with van der Waals surface area (Å²) >= 11 is 0. The Morgan fingerprint density at radius 3 is 2.68 bits per heavy atom. The van der Waals surface area contributed by atoms with E-state index in [0.717, 1.165) is 24.0 Å². The van der Waals surface area contributed by atoms with Crippen molar-refractivity contribution in [2.45, 2.75) is 31.4 Å². The summed E-state index contributed by atoms with van der Waals surface area (Å²) in [5.41, 5.74) is 3.30. The highest BCUT2D eigenvalue weighted by Crippen LogP contribution is 2.36. The molecule has 0 heterocycles. The van der Waals surface area contributed by atoms with Crippen molar-refractivity contribution in [2.24, 2.45) is 0 Å². The fraction of sp³-hybridized carbons (Fsp3) is 0.316. The molecule has 2 aromatic carbocycles. The SMILES string of the molecule is CC(NCC1(O)CCc2ccccc21)c1ccc(C#N)cc1. The molecule has 1 aliphatic rings. The van der Waals surface area contributed by atoms with Crippen LogP contribution in [0.2, 0.25) is 0 Å².